The van der Waals surface area contributed by atoms with Gasteiger partial charge in [-0.15, -0.1) is 0 Å². The van der Waals surface area contributed by atoms with Gasteiger partial charge in [-0.25, -0.2) is 4.98 Å². The molecule has 1 saturated carbocycles. The molecule has 1 aliphatic carbocycles. The first kappa shape index (κ1) is 14.3. The van der Waals surface area contributed by atoms with Gasteiger partial charge in [0.15, 0.2) is 5.69 Å². The molecule has 20 heavy (non-hydrogen) atoms. The summed E-state index contributed by atoms with van der Waals surface area (Å²) >= 11 is 0. The summed E-state index contributed by atoms with van der Waals surface area (Å²) in [6, 6.07) is 3.26. The van der Waals surface area contributed by atoms with Crippen molar-refractivity contribution in [2.24, 2.45) is 0 Å². The Hall–Kier alpha value is -2.11. The average Bonchev–Trinajstić information content (AvgIpc) is 2.39. The molecule has 0 unspecified atom stereocenters. The summed E-state index contributed by atoms with van der Waals surface area (Å²) in [6.45, 7) is 0. The lowest BCUT2D eigenvalue weighted by molar-refractivity contribution is -0.139. The van der Waals surface area contributed by atoms with E-state index >= 15 is 0 Å². The van der Waals surface area contributed by atoms with Crippen LogP contribution < -0.4 is 11.1 Å². The second-order valence-electron chi connectivity index (χ2n) is 5.31. The van der Waals surface area contributed by atoms with Crippen molar-refractivity contribution in [2.45, 2.75) is 44.1 Å². The molecule has 1 aliphatic rings. The number of hydrogen-bond donors (Lipinski definition) is 3. The van der Waals surface area contributed by atoms with E-state index in [9.17, 15) is 9.59 Å². The molecule has 0 spiro atoms. The molecule has 1 aromatic heterocycles. The van der Waals surface area contributed by atoms with Crippen LogP contribution in [0, 0.1) is 0 Å². The Labute approximate surface area is 117 Å². The van der Waals surface area contributed by atoms with Gasteiger partial charge >= 0.3 is 5.97 Å². The number of nitrogens with two attached hydrogens (primary N) is 1. The van der Waals surface area contributed by atoms with Crippen LogP contribution in [0.2, 0.25) is 0 Å². The van der Waals surface area contributed by atoms with Crippen molar-refractivity contribution >= 4 is 17.6 Å². The molecule has 0 bridgehead atoms. The van der Waals surface area contributed by atoms with Gasteiger partial charge in [-0.1, -0.05) is 19.3 Å². The molecule has 1 aromatic rings. The third-order valence-corrected chi connectivity index (χ3v) is 3.73. The summed E-state index contributed by atoms with van der Waals surface area (Å²) in [6.07, 6.45) is 5.70. The number of hydrogen-bond acceptors (Lipinski definition) is 4. The van der Waals surface area contributed by atoms with Gasteiger partial charge in [0.2, 0.25) is 0 Å². The van der Waals surface area contributed by atoms with E-state index < -0.39 is 17.4 Å². The summed E-state index contributed by atoms with van der Waals surface area (Å²) < 4.78 is 0. The van der Waals surface area contributed by atoms with Crippen molar-refractivity contribution in [3.05, 3.63) is 24.0 Å². The molecule has 0 radical (unpaired) electrons. The van der Waals surface area contributed by atoms with Crippen LogP contribution in [0.5, 0.6) is 0 Å². The topological polar surface area (TPSA) is 105 Å². The number of nitrogen functional groups attached to an aromatic ring is 1. The van der Waals surface area contributed by atoms with Gasteiger partial charge in [0.25, 0.3) is 5.91 Å². The monoisotopic (exact) mass is 277 g/mol. The third-order valence-electron chi connectivity index (χ3n) is 3.73. The number of carbonyl (C=O) groups excluding carboxylic acids is 1. The van der Waals surface area contributed by atoms with Gasteiger partial charge < -0.3 is 16.2 Å². The number of rotatable bonds is 4. The normalized spacial score (nSPS) is 17.4. The summed E-state index contributed by atoms with van der Waals surface area (Å²) in [5.74, 6) is -1.30. The van der Waals surface area contributed by atoms with Crippen molar-refractivity contribution in [1.29, 1.82) is 0 Å². The molecule has 0 aliphatic heterocycles. The minimum Gasteiger partial charge on any atom is -0.481 e. The zero-order valence-corrected chi connectivity index (χ0v) is 11.3. The van der Waals surface area contributed by atoms with Crippen molar-refractivity contribution in [3.63, 3.8) is 0 Å². The third kappa shape index (κ3) is 3.26. The zero-order valence-electron chi connectivity index (χ0n) is 11.3. The number of pyridine rings is 1. The quantitative estimate of drug-likeness (QED) is 0.774. The highest BCUT2D eigenvalue weighted by molar-refractivity contribution is 5.97. The van der Waals surface area contributed by atoms with E-state index in [2.05, 4.69) is 10.3 Å². The van der Waals surface area contributed by atoms with Crippen molar-refractivity contribution < 1.29 is 14.7 Å². The number of carbonyl (C=O) groups is 2. The summed E-state index contributed by atoms with van der Waals surface area (Å²) in [5, 5.41) is 11.9. The van der Waals surface area contributed by atoms with Crippen LogP contribution in [0.1, 0.15) is 49.0 Å². The van der Waals surface area contributed by atoms with E-state index in [1.165, 1.54) is 6.20 Å². The maximum atomic E-state index is 12.3. The SMILES string of the molecule is Nc1cccnc1C(=O)NC1(CC(=O)O)CCCCC1. The minimum absolute atomic E-state index is 0.0640. The Bertz CT molecular complexity index is 510. The van der Waals surface area contributed by atoms with Crippen LogP contribution in [-0.2, 0) is 4.79 Å². The fourth-order valence-corrected chi connectivity index (χ4v) is 2.77. The first-order valence-corrected chi connectivity index (χ1v) is 6.77. The van der Waals surface area contributed by atoms with Crippen molar-refractivity contribution in [2.75, 3.05) is 5.73 Å². The van der Waals surface area contributed by atoms with E-state index in [-0.39, 0.29) is 12.1 Å². The number of aromatic nitrogens is 1. The molecule has 4 N–H and O–H groups in total. The second kappa shape index (κ2) is 5.90. The summed E-state index contributed by atoms with van der Waals surface area (Å²) in [4.78, 5) is 27.3. The van der Waals surface area contributed by atoms with E-state index in [1.54, 1.807) is 12.1 Å². The van der Waals surface area contributed by atoms with Crippen LogP contribution in [0.15, 0.2) is 18.3 Å². The number of nitrogens with zero attached hydrogens (tertiary/aromatic N) is 1. The highest BCUT2D eigenvalue weighted by Gasteiger charge is 2.36. The maximum absolute atomic E-state index is 12.3. The fraction of sp³-hybridized carbons (Fsp3) is 0.500. The van der Waals surface area contributed by atoms with Crippen molar-refractivity contribution in [3.8, 4) is 0 Å². The molecular weight excluding hydrogens is 258 g/mol. The van der Waals surface area contributed by atoms with E-state index in [0.29, 0.717) is 18.5 Å². The molecule has 0 aromatic carbocycles. The van der Waals surface area contributed by atoms with Gasteiger partial charge in [-0.2, -0.15) is 0 Å². The first-order valence-electron chi connectivity index (χ1n) is 6.77. The van der Waals surface area contributed by atoms with Crippen LogP contribution in [0.25, 0.3) is 0 Å². The predicted octanol–water partition coefficient (Wildman–Crippen LogP) is 1.57. The Morgan fingerprint density at radius 1 is 1.35 bits per heavy atom. The standard InChI is InChI=1S/C14H19N3O3/c15-10-5-4-8-16-12(10)13(20)17-14(9-11(18)19)6-2-1-3-7-14/h4-5,8H,1-3,6-7,9,15H2,(H,17,20)(H,18,19). The Kier molecular flexibility index (Phi) is 4.22. The number of nitrogens with one attached hydrogen (secondary N) is 1. The van der Waals surface area contributed by atoms with E-state index in [4.69, 9.17) is 10.8 Å². The lowest BCUT2D eigenvalue weighted by Crippen LogP contribution is -2.51. The number of aliphatic carboxylic acids is 1. The second-order valence-corrected chi connectivity index (χ2v) is 5.31. The Morgan fingerprint density at radius 3 is 2.65 bits per heavy atom. The number of anilines is 1. The van der Waals surface area contributed by atoms with Crippen molar-refractivity contribution in [1.82, 2.24) is 10.3 Å². The Morgan fingerprint density at radius 2 is 2.05 bits per heavy atom. The molecule has 0 atom stereocenters. The lowest BCUT2D eigenvalue weighted by Gasteiger charge is -2.36. The van der Waals surface area contributed by atoms with Crippen LogP contribution >= 0.6 is 0 Å². The minimum atomic E-state index is -0.902. The fourth-order valence-electron chi connectivity index (χ4n) is 2.77. The lowest BCUT2D eigenvalue weighted by atomic mass is 9.79. The number of carboxylic acids is 1. The highest BCUT2D eigenvalue weighted by atomic mass is 16.4. The first-order chi connectivity index (χ1) is 9.52. The molecule has 108 valence electrons. The molecule has 0 saturated heterocycles. The molecule has 1 amide bonds. The summed E-state index contributed by atoms with van der Waals surface area (Å²) in [7, 11) is 0. The molecule has 1 heterocycles. The van der Waals surface area contributed by atoms with Gasteiger partial charge in [0.05, 0.1) is 17.6 Å². The zero-order chi connectivity index (χ0) is 14.6. The van der Waals surface area contributed by atoms with Crippen LogP contribution in [0.4, 0.5) is 5.69 Å². The van der Waals surface area contributed by atoms with E-state index in [0.717, 1.165) is 19.3 Å². The number of carboxylic acid groups (broad SMARTS) is 1. The van der Waals surface area contributed by atoms with Gasteiger partial charge in [0.1, 0.15) is 0 Å². The van der Waals surface area contributed by atoms with Crippen LogP contribution in [-0.4, -0.2) is 27.5 Å². The van der Waals surface area contributed by atoms with E-state index in [1.807, 2.05) is 0 Å². The number of amides is 1. The molecule has 6 heteroatoms. The molecule has 6 nitrogen and oxygen atoms in total. The maximum Gasteiger partial charge on any atom is 0.305 e. The summed E-state index contributed by atoms with van der Waals surface area (Å²) in [5.41, 5.74) is 5.51. The smallest absolute Gasteiger partial charge is 0.305 e. The molecule has 1 fully saturated rings. The molecular formula is C14H19N3O3. The Balaban J connectivity index is 2.17. The van der Waals surface area contributed by atoms with Gasteiger partial charge in [-0.05, 0) is 25.0 Å². The predicted molar refractivity (Wildman–Crippen MR) is 74.2 cm³/mol. The average molecular weight is 277 g/mol. The highest BCUT2D eigenvalue weighted by Crippen LogP contribution is 2.31. The van der Waals surface area contributed by atoms with Crippen LogP contribution in [0.3, 0.4) is 0 Å². The molecule has 2 rings (SSSR count). The largest absolute Gasteiger partial charge is 0.481 e. The van der Waals surface area contributed by atoms with Gasteiger partial charge in [0, 0.05) is 6.20 Å². The van der Waals surface area contributed by atoms with Gasteiger partial charge in [-0.3, -0.25) is 9.59 Å².